The van der Waals surface area contributed by atoms with Gasteiger partial charge in [0.25, 0.3) is 11.4 Å². The van der Waals surface area contributed by atoms with Gasteiger partial charge in [0.1, 0.15) is 6.33 Å². The van der Waals surface area contributed by atoms with Crippen LogP contribution in [0.3, 0.4) is 0 Å². The average Bonchev–Trinajstić information content (AvgIpc) is 3.37. The molecule has 0 aliphatic carbocycles. The molecule has 0 saturated carbocycles. The number of fused-ring (bicyclic) bond motifs is 2. The van der Waals surface area contributed by atoms with Crippen LogP contribution in [0.4, 0.5) is 0 Å². The molecular formula is C21H21N5O2. The molecule has 1 aromatic carbocycles. The number of nitrogens with zero attached hydrogens (tertiary/aromatic N) is 4. The summed E-state index contributed by atoms with van der Waals surface area (Å²) in [4.78, 5) is 19.5. The molecule has 0 aliphatic rings. The molecule has 0 atom stereocenters. The maximum atomic E-state index is 12.3. The molecule has 1 N–H and O–H groups in total. The molecule has 0 spiro atoms. The minimum Gasteiger partial charge on any atom is -0.419 e. The topological polar surface area (TPSA) is 89.1 Å². The van der Waals surface area contributed by atoms with Crippen LogP contribution in [0.25, 0.3) is 28.0 Å². The van der Waals surface area contributed by atoms with Crippen molar-refractivity contribution >= 4 is 16.4 Å². The Morgan fingerprint density at radius 3 is 2.82 bits per heavy atom. The van der Waals surface area contributed by atoms with Crippen LogP contribution in [0.1, 0.15) is 26.7 Å². The molecule has 0 saturated heterocycles. The van der Waals surface area contributed by atoms with Gasteiger partial charge in [0.05, 0.1) is 11.9 Å². The Morgan fingerprint density at radius 2 is 1.93 bits per heavy atom. The number of aromatic nitrogens is 5. The van der Waals surface area contributed by atoms with E-state index in [4.69, 9.17) is 4.42 Å². The van der Waals surface area contributed by atoms with Gasteiger partial charge in [0, 0.05) is 18.7 Å². The van der Waals surface area contributed by atoms with Crippen LogP contribution in [-0.4, -0.2) is 24.6 Å². The molecule has 0 amide bonds. The van der Waals surface area contributed by atoms with Gasteiger partial charge in [-0.25, -0.2) is 4.98 Å². The number of nitrogens with one attached hydrogen (secondary N) is 1. The normalized spacial score (nSPS) is 10.8. The summed E-state index contributed by atoms with van der Waals surface area (Å²) in [7, 11) is 0. The fraction of sp³-hybridized carbons (Fsp3) is 0.143. The van der Waals surface area contributed by atoms with Gasteiger partial charge in [-0.1, -0.05) is 38.1 Å². The predicted molar refractivity (Wildman–Crippen MR) is 109 cm³/mol. The SMILES string of the molecule is CC.O=c1[nH]c2ccccc2cc1Cc1nnc(-c2ncn3ccccc23)o1.[HH]. The van der Waals surface area contributed by atoms with Crippen molar-refractivity contribution in [1.29, 1.82) is 0 Å². The van der Waals surface area contributed by atoms with Crippen LogP contribution < -0.4 is 5.56 Å². The summed E-state index contributed by atoms with van der Waals surface area (Å²) >= 11 is 0. The van der Waals surface area contributed by atoms with E-state index in [1.54, 1.807) is 6.33 Å². The summed E-state index contributed by atoms with van der Waals surface area (Å²) in [5, 5.41) is 9.13. The van der Waals surface area contributed by atoms with Gasteiger partial charge in [-0.3, -0.25) is 4.79 Å². The number of para-hydroxylation sites is 1. The second kappa shape index (κ2) is 7.48. The van der Waals surface area contributed by atoms with Crippen LogP contribution in [-0.2, 0) is 6.42 Å². The standard InChI is InChI=1S/C19H13N5O2.C2H6.H2/c25-18-13(9-12-5-1-2-6-14(12)21-18)10-16-22-23-19(26-16)17-15-7-3-4-8-24(15)11-20-17;1-2;/h1-9,11H,10H2,(H,21,25);1-2H3;1H. The summed E-state index contributed by atoms with van der Waals surface area (Å²) in [5.74, 6) is 0.712. The summed E-state index contributed by atoms with van der Waals surface area (Å²) in [6.45, 7) is 4.00. The van der Waals surface area contributed by atoms with E-state index < -0.39 is 0 Å². The van der Waals surface area contributed by atoms with E-state index in [0.717, 1.165) is 16.4 Å². The zero-order valence-electron chi connectivity index (χ0n) is 15.6. The molecule has 28 heavy (non-hydrogen) atoms. The van der Waals surface area contributed by atoms with E-state index in [9.17, 15) is 4.79 Å². The highest BCUT2D eigenvalue weighted by Gasteiger charge is 2.15. The molecule has 0 aliphatic heterocycles. The highest BCUT2D eigenvalue weighted by atomic mass is 16.4. The van der Waals surface area contributed by atoms with Gasteiger partial charge >= 0.3 is 0 Å². The first-order valence-electron chi connectivity index (χ1n) is 9.13. The molecule has 142 valence electrons. The van der Waals surface area contributed by atoms with Crippen LogP contribution in [0, 0.1) is 0 Å². The first kappa shape index (κ1) is 17.7. The lowest BCUT2D eigenvalue weighted by Crippen LogP contribution is -2.12. The van der Waals surface area contributed by atoms with Crippen molar-refractivity contribution in [3.8, 4) is 11.6 Å². The van der Waals surface area contributed by atoms with Gasteiger partial charge in [-0.15, -0.1) is 10.2 Å². The Hall–Kier alpha value is -3.74. The molecule has 0 unspecified atom stereocenters. The number of imidazole rings is 1. The second-order valence-electron chi connectivity index (χ2n) is 5.98. The third-order valence-electron chi connectivity index (χ3n) is 4.29. The van der Waals surface area contributed by atoms with Crippen LogP contribution in [0.2, 0.25) is 0 Å². The smallest absolute Gasteiger partial charge is 0.268 e. The highest BCUT2D eigenvalue weighted by Crippen LogP contribution is 2.22. The Bertz CT molecular complexity index is 1310. The van der Waals surface area contributed by atoms with Gasteiger partial charge in [0.15, 0.2) is 5.69 Å². The average molecular weight is 375 g/mol. The number of pyridine rings is 2. The number of rotatable bonds is 3. The summed E-state index contributed by atoms with van der Waals surface area (Å²) in [6, 6.07) is 15.3. The first-order chi connectivity index (χ1) is 13.8. The van der Waals surface area contributed by atoms with Crippen molar-refractivity contribution in [1.82, 2.24) is 24.6 Å². The summed E-state index contributed by atoms with van der Waals surface area (Å²) < 4.78 is 7.64. The number of aromatic amines is 1. The largest absolute Gasteiger partial charge is 0.419 e. The Balaban J connectivity index is 0.000000778. The number of H-pyrrole nitrogens is 1. The van der Waals surface area contributed by atoms with Crippen molar-refractivity contribution in [2.45, 2.75) is 20.3 Å². The molecule has 0 fully saturated rings. The Kier molecular flexibility index (Phi) is 4.72. The lowest BCUT2D eigenvalue weighted by molar-refractivity contribution is 0.516. The monoisotopic (exact) mass is 375 g/mol. The predicted octanol–water partition coefficient (Wildman–Crippen LogP) is 4.09. The van der Waals surface area contributed by atoms with E-state index in [1.165, 1.54) is 0 Å². The summed E-state index contributed by atoms with van der Waals surface area (Å²) in [5.41, 5.74) is 2.73. The summed E-state index contributed by atoms with van der Waals surface area (Å²) in [6.07, 6.45) is 3.86. The Morgan fingerprint density at radius 1 is 1.11 bits per heavy atom. The van der Waals surface area contributed by atoms with Crippen molar-refractivity contribution in [2.75, 3.05) is 0 Å². The second-order valence-corrected chi connectivity index (χ2v) is 5.98. The van der Waals surface area contributed by atoms with Crippen molar-refractivity contribution < 1.29 is 5.84 Å². The van der Waals surface area contributed by atoms with Crippen LogP contribution in [0.5, 0.6) is 0 Å². The molecule has 7 heteroatoms. The molecule has 4 aromatic heterocycles. The minimum atomic E-state index is -0.157. The number of hydrogen-bond donors (Lipinski definition) is 1. The third kappa shape index (κ3) is 3.18. The van der Waals surface area contributed by atoms with Crippen molar-refractivity contribution in [2.24, 2.45) is 0 Å². The van der Waals surface area contributed by atoms with Gasteiger partial charge < -0.3 is 13.8 Å². The minimum absolute atomic E-state index is 0. The third-order valence-corrected chi connectivity index (χ3v) is 4.29. The molecule has 0 bridgehead atoms. The molecule has 0 radical (unpaired) electrons. The molecule has 5 aromatic rings. The lowest BCUT2D eigenvalue weighted by atomic mass is 10.1. The maximum Gasteiger partial charge on any atom is 0.268 e. The lowest BCUT2D eigenvalue weighted by Gasteiger charge is -2.00. The molecule has 7 nitrogen and oxygen atoms in total. The van der Waals surface area contributed by atoms with Gasteiger partial charge in [-0.2, -0.15) is 0 Å². The zero-order chi connectivity index (χ0) is 19.5. The van der Waals surface area contributed by atoms with E-state index in [2.05, 4.69) is 20.2 Å². The highest BCUT2D eigenvalue weighted by molar-refractivity contribution is 5.78. The molecule has 4 heterocycles. The van der Waals surface area contributed by atoms with E-state index in [0.29, 0.717) is 23.0 Å². The Labute approximate surface area is 162 Å². The number of benzene rings is 1. The van der Waals surface area contributed by atoms with E-state index >= 15 is 0 Å². The van der Waals surface area contributed by atoms with Gasteiger partial charge in [-0.05, 0) is 29.7 Å². The van der Waals surface area contributed by atoms with Crippen molar-refractivity contribution in [3.63, 3.8) is 0 Å². The molecule has 5 rings (SSSR count). The van der Waals surface area contributed by atoms with Crippen LogP contribution >= 0.6 is 0 Å². The quantitative estimate of drug-likeness (QED) is 0.513. The van der Waals surface area contributed by atoms with E-state index in [-0.39, 0.29) is 13.4 Å². The van der Waals surface area contributed by atoms with Crippen molar-refractivity contribution in [3.05, 3.63) is 82.9 Å². The first-order valence-corrected chi connectivity index (χ1v) is 9.13. The molecular weight excluding hydrogens is 354 g/mol. The maximum absolute atomic E-state index is 12.3. The number of hydrogen-bond acceptors (Lipinski definition) is 5. The van der Waals surface area contributed by atoms with Gasteiger partial charge in [0.2, 0.25) is 5.89 Å². The zero-order valence-corrected chi connectivity index (χ0v) is 15.6. The van der Waals surface area contributed by atoms with Crippen LogP contribution in [0.15, 0.2) is 70.3 Å². The fourth-order valence-electron chi connectivity index (χ4n) is 3.02. The van der Waals surface area contributed by atoms with E-state index in [1.807, 2.05) is 73.0 Å². The fourth-order valence-corrected chi connectivity index (χ4v) is 3.02.